The number of methoxy groups -OCH3 is 1. The molecule has 1 atom stereocenters. The Morgan fingerprint density at radius 1 is 1.21 bits per heavy atom. The Bertz CT molecular complexity index is 811. The number of carbonyl (C=O) groups is 1. The predicted octanol–water partition coefficient (Wildman–Crippen LogP) is 3.98. The van der Waals surface area contributed by atoms with Crippen LogP contribution in [0.15, 0.2) is 30.3 Å². The summed E-state index contributed by atoms with van der Waals surface area (Å²) in [5.74, 6) is -0.299. The number of hydrogen-bond acceptors (Lipinski definition) is 4. The molecule has 1 aromatic carbocycles. The molecule has 0 aliphatic rings. The van der Waals surface area contributed by atoms with Crippen molar-refractivity contribution >= 4 is 6.41 Å². The molecule has 0 bridgehead atoms. The molecule has 0 spiro atoms. The topological polar surface area (TPSA) is 71.5 Å². The summed E-state index contributed by atoms with van der Waals surface area (Å²) in [4.78, 5) is 14.5. The number of aromatic nitrogens is 1. The number of nitrogens with one attached hydrogen (secondary N) is 1. The van der Waals surface area contributed by atoms with Crippen LogP contribution in [0.3, 0.4) is 0 Å². The minimum absolute atomic E-state index is 0.0284. The van der Waals surface area contributed by atoms with Crippen LogP contribution in [0.2, 0.25) is 0 Å². The second-order valence-electron chi connectivity index (χ2n) is 5.77. The fourth-order valence-electron chi connectivity index (χ4n) is 2.62. The Balaban J connectivity index is 0.00000204. The SMILES string of the molecule is CC.CCc1cc(C(O)(CNC=O)C(F)(F)F)nc(-c2ccc(F)cc2)c1OC. The third-order valence-electron chi connectivity index (χ3n) is 4.09. The molecule has 0 saturated carbocycles. The molecule has 0 fully saturated rings. The molecule has 1 heterocycles. The molecule has 1 unspecified atom stereocenters. The first kappa shape index (κ1) is 24.4. The number of hydrogen-bond donors (Lipinski definition) is 2. The Morgan fingerprint density at radius 3 is 2.24 bits per heavy atom. The average Bonchev–Trinajstić information content (AvgIpc) is 2.72. The van der Waals surface area contributed by atoms with E-state index in [0.29, 0.717) is 17.5 Å². The number of halogens is 4. The largest absolute Gasteiger partial charge is 0.494 e. The van der Waals surface area contributed by atoms with Crippen LogP contribution in [-0.4, -0.2) is 36.3 Å². The van der Waals surface area contributed by atoms with E-state index in [-0.39, 0.29) is 17.9 Å². The highest BCUT2D eigenvalue weighted by atomic mass is 19.4. The highest BCUT2D eigenvalue weighted by molar-refractivity contribution is 5.69. The summed E-state index contributed by atoms with van der Waals surface area (Å²) in [5.41, 5.74) is -3.38. The molecule has 1 amide bonds. The van der Waals surface area contributed by atoms with E-state index >= 15 is 0 Å². The van der Waals surface area contributed by atoms with Gasteiger partial charge in [-0.05, 0) is 42.3 Å². The van der Waals surface area contributed by atoms with Crippen molar-refractivity contribution in [3.8, 4) is 17.0 Å². The lowest BCUT2D eigenvalue weighted by Crippen LogP contribution is -2.50. The maximum Gasteiger partial charge on any atom is 0.424 e. The normalized spacial score (nSPS) is 13.0. The molecule has 1 aromatic heterocycles. The molecule has 5 nitrogen and oxygen atoms in total. The number of pyridine rings is 1. The van der Waals surface area contributed by atoms with Crippen LogP contribution in [0.25, 0.3) is 11.3 Å². The first-order valence-corrected chi connectivity index (χ1v) is 8.98. The van der Waals surface area contributed by atoms with Crippen molar-refractivity contribution in [2.24, 2.45) is 0 Å². The molecule has 2 N–H and O–H groups in total. The van der Waals surface area contributed by atoms with Crippen molar-refractivity contribution in [3.63, 3.8) is 0 Å². The lowest BCUT2D eigenvalue weighted by molar-refractivity contribution is -0.265. The molecule has 2 rings (SSSR count). The second kappa shape index (κ2) is 10.2. The third-order valence-corrected chi connectivity index (χ3v) is 4.09. The van der Waals surface area contributed by atoms with Crippen molar-refractivity contribution < 1.29 is 32.2 Å². The van der Waals surface area contributed by atoms with Gasteiger partial charge in [-0.3, -0.25) is 4.79 Å². The van der Waals surface area contributed by atoms with Crippen LogP contribution >= 0.6 is 0 Å². The molecule has 9 heteroatoms. The summed E-state index contributed by atoms with van der Waals surface area (Å²) in [6.45, 7) is 4.59. The van der Waals surface area contributed by atoms with Crippen molar-refractivity contribution in [3.05, 3.63) is 47.4 Å². The maximum absolute atomic E-state index is 13.6. The van der Waals surface area contributed by atoms with Gasteiger partial charge in [-0.15, -0.1) is 0 Å². The number of amides is 1. The van der Waals surface area contributed by atoms with Gasteiger partial charge in [0, 0.05) is 5.56 Å². The molecular weight excluding hydrogens is 392 g/mol. The van der Waals surface area contributed by atoms with E-state index in [4.69, 9.17) is 4.74 Å². The molecule has 0 aliphatic heterocycles. The number of ether oxygens (including phenoxy) is 1. The second-order valence-corrected chi connectivity index (χ2v) is 5.77. The molecular formula is C20H24F4N2O3. The molecule has 29 heavy (non-hydrogen) atoms. The lowest BCUT2D eigenvalue weighted by atomic mass is 9.94. The van der Waals surface area contributed by atoms with Crippen LogP contribution < -0.4 is 10.1 Å². The van der Waals surface area contributed by atoms with Gasteiger partial charge in [-0.2, -0.15) is 13.2 Å². The van der Waals surface area contributed by atoms with Gasteiger partial charge in [0.1, 0.15) is 17.3 Å². The fraction of sp³-hybridized carbons (Fsp3) is 0.400. The van der Waals surface area contributed by atoms with Gasteiger partial charge >= 0.3 is 6.18 Å². The van der Waals surface area contributed by atoms with Crippen LogP contribution in [-0.2, 0) is 16.8 Å². The van der Waals surface area contributed by atoms with Crippen molar-refractivity contribution in [1.82, 2.24) is 10.3 Å². The highest BCUT2D eigenvalue weighted by Gasteiger charge is 2.56. The van der Waals surface area contributed by atoms with Crippen molar-refractivity contribution in [2.45, 2.75) is 39.0 Å². The van der Waals surface area contributed by atoms with Gasteiger partial charge in [-0.25, -0.2) is 9.37 Å². The minimum atomic E-state index is -5.10. The van der Waals surface area contributed by atoms with Crippen LogP contribution in [0.5, 0.6) is 5.75 Å². The van der Waals surface area contributed by atoms with Gasteiger partial charge in [0.05, 0.1) is 19.3 Å². The Labute approximate surface area is 166 Å². The van der Waals surface area contributed by atoms with E-state index in [1.807, 2.05) is 19.2 Å². The molecule has 2 aromatic rings. The lowest BCUT2D eigenvalue weighted by Gasteiger charge is -2.30. The predicted molar refractivity (Wildman–Crippen MR) is 101 cm³/mol. The number of nitrogens with zero attached hydrogens (tertiary/aromatic N) is 1. The van der Waals surface area contributed by atoms with E-state index in [0.717, 1.165) is 18.2 Å². The van der Waals surface area contributed by atoms with Crippen LogP contribution in [0, 0.1) is 5.82 Å². The zero-order valence-electron chi connectivity index (χ0n) is 16.6. The van der Waals surface area contributed by atoms with Gasteiger partial charge in [0.25, 0.3) is 0 Å². The van der Waals surface area contributed by atoms with Crippen molar-refractivity contribution in [2.75, 3.05) is 13.7 Å². The van der Waals surface area contributed by atoms with Gasteiger partial charge in [0.15, 0.2) is 0 Å². The number of benzene rings is 1. The summed E-state index contributed by atoms with van der Waals surface area (Å²) in [5, 5.41) is 12.2. The summed E-state index contributed by atoms with van der Waals surface area (Å²) >= 11 is 0. The number of rotatable bonds is 7. The van der Waals surface area contributed by atoms with Crippen molar-refractivity contribution in [1.29, 1.82) is 0 Å². The Hall–Kier alpha value is -2.68. The van der Waals surface area contributed by atoms with Gasteiger partial charge in [0.2, 0.25) is 12.0 Å². The van der Waals surface area contributed by atoms with Crippen LogP contribution in [0.1, 0.15) is 32.0 Å². The Morgan fingerprint density at radius 2 is 1.79 bits per heavy atom. The smallest absolute Gasteiger partial charge is 0.424 e. The van der Waals surface area contributed by atoms with E-state index in [1.165, 1.54) is 19.2 Å². The van der Waals surface area contributed by atoms with E-state index in [1.54, 1.807) is 6.92 Å². The van der Waals surface area contributed by atoms with E-state index in [2.05, 4.69) is 4.98 Å². The number of aryl methyl sites for hydroxylation is 1. The highest BCUT2D eigenvalue weighted by Crippen LogP contribution is 2.41. The first-order valence-electron chi connectivity index (χ1n) is 8.98. The summed E-state index contributed by atoms with van der Waals surface area (Å²) in [6.07, 6.45) is -4.75. The third kappa shape index (κ3) is 5.23. The van der Waals surface area contributed by atoms with E-state index in [9.17, 15) is 27.5 Å². The summed E-state index contributed by atoms with van der Waals surface area (Å²) in [7, 11) is 1.34. The zero-order chi connectivity index (χ0) is 22.2. The zero-order valence-corrected chi connectivity index (χ0v) is 16.6. The van der Waals surface area contributed by atoms with Crippen LogP contribution in [0.4, 0.5) is 17.6 Å². The van der Waals surface area contributed by atoms with E-state index < -0.39 is 29.8 Å². The first-order chi connectivity index (χ1) is 13.7. The monoisotopic (exact) mass is 416 g/mol. The number of alkyl halides is 3. The summed E-state index contributed by atoms with van der Waals surface area (Å²) < 4.78 is 59.3. The Kier molecular flexibility index (Phi) is 8.57. The van der Waals surface area contributed by atoms with Gasteiger partial charge in [-0.1, -0.05) is 20.8 Å². The number of carbonyl (C=O) groups excluding carboxylic acids is 1. The standard InChI is InChI=1S/C18H18F4N2O3.C2H6/c1-3-11-8-14(17(26,9-23-10-25)18(20,21)22)24-15(16(11)27-2)12-4-6-13(19)7-5-12;1-2/h4-8,10,26H,3,9H2,1-2H3,(H,23,25);1-2H3. The number of aliphatic hydroxyl groups is 1. The fourth-order valence-corrected chi connectivity index (χ4v) is 2.62. The van der Waals surface area contributed by atoms with Gasteiger partial charge < -0.3 is 15.2 Å². The molecule has 0 aliphatic carbocycles. The molecule has 160 valence electrons. The minimum Gasteiger partial charge on any atom is -0.494 e. The molecule has 0 radical (unpaired) electrons. The summed E-state index contributed by atoms with van der Waals surface area (Å²) in [6, 6.07) is 6.06. The quantitative estimate of drug-likeness (QED) is 0.529. The average molecular weight is 416 g/mol. The molecule has 0 saturated heterocycles. The maximum atomic E-state index is 13.6.